The summed E-state index contributed by atoms with van der Waals surface area (Å²) in [6, 6.07) is 14.7. The number of aromatic nitrogens is 1. The number of halogens is 1. The Morgan fingerprint density at radius 2 is 1.94 bits per heavy atom. The Morgan fingerprint density at radius 1 is 1.13 bits per heavy atom. The molecule has 0 spiro atoms. The lowest BCUT2D eigenvalue weighted by Gasteiger charge is -2.23. The summed E-state index contributed by atoms with van der Waals surface area (Å²) in [5.74, 6) is 0.702. The lowest BCUT2D eigenvalue weighted by Crippen LogP contribution is -2.18. The van der Waals surface area contributed by atoms with Gasteiger partial charge in [0.15, 0.2) is 5.76 Å². The lowest BCUT2D eigenvalue weighted by atomic mass is 9.96. The topological polar surface area (TPSA) is 67.2 Å². The van der Waals surface area contributed by atoms with Crippen molar-refractivity contribution in [2.75, 3.05) is 10.6 Å². The van der Waals surface area contributed by atoms with E-state index in [1.165, 1.54) is 17.6 Å². The molecular formula is C24H22ClN3O2S. The summed E-state index contributed by atoms with van der Waals surface area (Å²) < 4.78 is 5.26. The number of thiophene rings is 1. The van der Waals surface area contributed by atoms with E-state index in [1.807, 2.05) is 50.2 Å². The van der Waals surface area contributed by atoms with Crippen LogP contribution in [0.15, 0.2) is 65.4 Å². The maximum absolute atomic E-state index is 12.7. The van der Waals surface area contributed by atoms with Crippen molar-refractivity contribution in [1.82, 2.24) is 4.98 Å². The number of nitrogens with one attached hydrogen (secondary N) is 2. The van der Waals surface area contributed by atoms with Gasteiger partial charge in [-0.2, -0.15) is 0 Å². The minimum atomic E-state index is -0.306. The molecule has 4 rings (SSSR count). The predicted molar refractivity (Wildman–Crippen MR) is 126 cm³/mol. The van der Waals surface area contributed by atoms with Crippen molar-refractivity contribution in [2.45, 2.75) is 26.8 Å². The third-order valence-electron chi connectivity index (χ3n) is 5.12. The fraction of sp³-hybridized carbons (Fsp3) is 0.167. The molecule has 3 aromatic heterocycles. The van der Waals surface area contributed by atoms with Crippen molar-refractivity contribution in [3.05, 3.63) is 98.9 Å². The van der Waals surface area contributed by atoms with Gasteiger partial charge in [-0.15, -0.1) is 11.3 Å². The van der Waals surface area contributed by atoms with E-state index in [4.69, 9.17) is 16.0 Å². The molecule has 0 saturated carbocycles. The highest BCUT2D eigenvalue weighted by atomic mass is 35.5. The van der Waals surface area contributed by atoms with E-state index in [0.29, 0.717) is 5.02 Å². The molecule has 0 fully saturated rings. The highest BCUT2D eigenvalue weighted by Crippen LogP contribution is 2.42. The predicted octanol–water partition coefficient (Wildman–Crippen LogP) is 6.77. The van der Waals surface area contributed by atoms with Crippen molar-refractivity contribution in [2.24, 2.45) is 0 Å². The van der Waals surface area contributed by atoms with Gasteiger partial charge >= 0.3 is 0 Å². The summed E-state index contributed by atoms with van der Waals surface area (Å²) in [5.41, 5.74) is 4.05. The lowest BCUT2D eigenvalue weighted by molar-refractivity contribution is 0.0997. The molecule has 3 heterocycles. The van der Waals surface area contributed by atoms with Crippen LogP contribution in [0.25, 0.3) is 0 Å². The van der Waals surface area contributed by atoms with Crippen LogP contribution in [-0.2, 0) is 0 Å². The van der Waals surface area contributed by atoms with Gasteiger partial charge in [-0.3, -0.25) is 4.79 Å². The molecule has 4 aromatic rings. The minimum absolute atomic E-state index is 0.261. The molecule has 158 valence electrons. The Hall–Kier alpha value is -3.09. The van der Waals surface area contributed by atoms with Crippen molar-refractivity contribution in [1.29, 1.82) is 0 Å². The van der Waals surface area contributed by atoms with Crippen LogP contribution < -0.4 is 10.6 Å². The standard InChI is InChI=1S/C24H22ClN3O2S/c1-14-10-11-26-20(13-14)27-22(17-7-4-5-8-18(17)25)21-15(2)16(3)31-24(21)28-23(29)19-9-6-12-30-19/h4-13,22H,1-3H3,(H,26,27)(H,28,29)/t22-/m0/s1. The molecule has 2 N–H and O–H groups in total. The molecule has 31 heavy (non-hydrogen) atoms. The molecule has 1 atom stereocenters. The average molecular weight is 452 g/mol. The van der Waals surface area contributed by atoms with Gasteiger partial charge in [0.2, 0.25) is 0 Å². The SMILES string of the molecule is Cc1ccnc(N[C@@H](c2ccccc2Cl)c2c(NC(=O)c3ccco3)sc(C)c2C)c1. The minimum Gasteiger partial charge on any atom is -0.459 e. The third-order valence-corrected chi connectivity index (χ3v) is 6.60. The van der Waals surface area contributed by atoms with Crippen LogP contribution in [0.2, 0.25) is 5.02 Å². The van der Waals surface area contributed by atoms with Crippen molar-refractivity contribution < 1.29 is 9.21 Å². The molecule has 0 unspecified atom stereocenters. The van der Waals surface area contributed by atoms with Gasteiger partial charge in [-0.25, -0.2) is 4.98 Å². The molecule has 1 aromatic carbocycles. The van der Waals surface area contributed by atoms with E-state index >= 15 is 0 Å². The number of hydrogen-bond acceptors (Lipinski definition) is 5. The number of aryl methyl sites for hydroxylation is 2. The zero-order chi connectivity index (χ0) is 22.0. The number of hydrogen-bond donors (Lipinski definition) is 2. The second kappa shape index (κ2) is 8.96. The summed E-state index contributed by atoms with van der Waals surface area (Å²) in [6.45, 7) is 6.12. The normalized spacial score (nSPS) is 11.9. The first kappa shape index (κ1) is 21.2. The second-order valence-corrected chi connectivity index (χ2v) is 8.91. The van der Waals surface area contributed by atoms with Crippen LogP contribution in [0, 0.1) is 20.8 Å². The fourth-order valence-corrected chi connectivity index (χ4v) is 4.77. The maximum atomic E-state index is 12.7. The number of anilines is 2. The number of amides is 1. The molecule has 0 saturated heterocycles. The van der Waals surface area contributed by atoms with Crippen LogP contribution in [0.5, 0.6) is 0 Å². The Balaban J connectivity index is 1.81. The number of benzene rings is 1. The van der Waals surface area contributed by atoms with Gasteiger partial charge in [0.05, 0.1) is 12.3 Å². The highest BCUT2D eigenvalue weighted by molar-refractivity contribution is 7.16. The van der Waals surface area contributed by atoms with Gasteiger partial charge in [0.25, 0.3) is 5.91 Å². The maximum Gasteiger partial charge on any atom is 0.291 e. The Morgan fingerprint density at radius 3 is 2.65 bits per heavy atom. The van der Waals surface area contributed by atoms with E-state index in [2.05, 4.69) is 22.5 Å². The molecule has 0 bridgehead atoms. The molecule has 1 amide bonds. The summed E-state index contributed by atoms with van der Waals surface area (Å²) in [6.07, 6.45) is 3.25. The van der Waals surface area contributed by atoms with E-state index in [0.717, 1.165) is 37.9 Å². The van der Waals surface area contributed by atoms with Crippen LogP contribution in [-0.4, -0.2) is 10.9 Å². The van der Waals surface area contributed by atoms with E-state index in [1.54, 1.807) is 18.3 Å². The van der Waals surface area contributed by atoms with Crippen molar-refractivity contribution >= 4 is 39.7 Å². The zero-order valence-corrected chi connectivity index (χ0v) is 19.0. The van der Waals surface area contributed by atoms with Gasteiger partial charge in [0, 0.05) is 21.7 Å². The van der Waals surface area contributed by atoms with Crippen molar-refractivity contribution in [3.8, 4) is 0 Å². The number of pyridine rings is 1. The van der Waals surface area contributed by atoms with Crippen molar-refractivity contribution in [3.63, 3.8) is 0 Å². The molecule has 5 nitrogen and oxygen atoms in total. The zero-order valence-electron chi connectivity index (χ0n) is 17.4. The molecule has 0 aliphatic heterocycles. The first-order chi connectivity index (χ1) is 14.9. The van der Waals surface area contributed by atoms with E-state index in [9.17, 15) is 4.79 Å². The summed E-state index contributed by atoms with van der Waals surface area (Å²) in [4.78, 5) is 18.3. The van der Waals surface area contributed by atoms with Gasteiger partial charge in [0.1, 0.15) is 10.8 Å². The van der Waals surface area contributed by atoms with Gasteiger partial charge in [-0.05, 0) is 67.8 Å². The van der Waals surface area contributed by atoms with E-state index < -0.39 is 0 Å². The van der Waals surface area contributed by atoms with Crippen LogP contribution in [0.1, 0.15) is 43.7 Å². The molecule has 0 aliphatic carbocycles. The summed E-state index contributed by atoms with van der Waals surface area (Å²) in [7, 11) is 0. The number of rotatable bonds is 6. The number of nitrogens with zero attached hydrogens (tertiary/aromatic N) is 1. The van der Waals surface area contributed by atoms with E-state index in [-0.39, 0.29) is 17.7 Å². The smallest absolute Gasteiger partial charge is 0.291 e. The number of carbonyl (C=O) groups is 1. The quantitative estimate of drug-likeness (QED) is 0.339. The first-order valence-corrected chi connectivity index (χ1v) is 11.0. The Kier molecular flexibility index (Phi) is 6.11. The molecule has 0 radical (unpaired) electrons. The monoisotopic (exact) mass is 451 g/mol. The Bertz CT molecular complexity index is 1220. The highest BCUT2D eigenvalue weighted by Gasteiger charge is 2.27. The molecule has 7 heteroatoms. The number of carbonyl (C=O) groups excluding carboxylic acids is 1. The first-order valence-electron chi connectivity index (χ1n) is 9.82. The number of furan rings is 1. The van der Waals surface area contributed by atoms with Crippen LogP contribution in [0.4, 0.5) is 10.8 Å². The second-order valence-electron chi connectivity index (χ2n) is 7.27. The molecular weight excluding hydrogens is 430 g/mol. The summed E-state index contributed by atoms with van der Waals surface area (Å²) >= 11 is 8.14. The molecule has 0 aliphatic rings. The van der Waals surface area contributed by atoms with Gasteiger partial charge < -0.3 is 15.1 Å². The fourth-order valence-electron chi connectivity index (χ4n) is 3.44. The van der Waals surface area contributed by atoms with Crippen LogP contribution in [0.3, 0.4) is 0 Å². The van der Waals surface area contributed by atoms with Gasteiger partial charge in [-0.1, -0.05) is 29.8 Å². The average Bonchev–Trinajstić information content (AvgIpc) is 3.36. The Labute approximate surface area is 190 Å². The van der Waals surface area contributed by atoms with Crippen LogP contribution >= 0.6 is 22.9 Å². The third kappa shape index (κ3) is 4.50. The largest absolute Gasteiger partial charge is 0.459 e. The summed E-state index contributed by atoms with van der Waals surface area (Å²) in [5, 5.41) is 7.95.